The van der Waals surface area contributed by atoms with Crippen molar-refractivity contribution in [3.63, 3.8) is 0 Å². The quantitative estimate of drug-likeness (QED) is 0.636. The van der Waals surface area contributed by atoms with Crippen LogP contribution in [-0.2, 0) is 26.0 Å². The molecule has 2 fully saturated rings. The van der Waals surface area contributed by atoms with Crippen LogP contribution in [0.25, 0.3) is 0 Å². The molecule has 1 saturated carbocycles. The van der Waals surface area contributed by atoms with E-state index in [1.165, 1.54) is 10.7 Å². The number of nitrogens with one attached hydrogen (secondary N) is 1. The van der Waals surface area contributed by atoms with Crippen molar-refractivity contribution in [2.24, 2.45) is 5.92 Å². The van der Waals surface area contributed by atoms with Gasteiger partial charge < -0.3 is 10.2 Å². The summed E-state index contributed by atoms with van der Waals surface area (Å²) in [5.74, 6) is -0.445. The number of fused-ring (bicyclic) bond motifs is 1. The van der Waals surface area contributed by atoms with Gasteiger partial charge in [-0.1, -0.05) is 42.1 Å². The standard InChI is InChI=1S/C23H32BrN3O4S/c1-2-21(28)27-12-10-16-13-18(24)14-20(22(16)27)32(30,31)26-11-6-7-17(15-26)23(29)25-19-8-4-3-5-9-19/h13-14,17,19H,2-12,15H2,1H3,(H,25,29)/t17-/m1/s1. The molecular weight excluding hydrogens is 494 g/mol. The van der Waals surface area contributed by atoms with Gasteiger partial charge in [-0.25, -0.2) is 8.42 Å². The summed E-state index contributed by atoms with van der Waals surface area (Å²) in [6.45, 7) is 2.85. The molecular formula is C23H32BrN3O4S. The third-order valence-electron chi connectivity index (χ3n) is 6.92. The Morgan fingerprint density at radius 3 is 2.56 bits per heavy atom. The van der Waals surface area contributed by atoms with Crippen molar-refractivity contribution in [1.82, 2.24) is 9.62 Å². The second-order valence-corrected chi connectivity index (χ2v) is 11.9. The number of hydrogen-bond donors (Lipinski definition) is 1. The lowest BCUT2D eigenvalue weighted by Crippen LogP contribution is -2.48. The molecule has 2 amide bonds. The van der Waals surface area contributed by atoms with Gasteiger partial charge >= 0.3 is 0 Å². The topological polar surface area (TPSA) is 86.8 Å². The monoisotopic (exact) mass is 525 g/mol. The maximum Gasteiger partial charge on any atom is 0.245 e. The summed E-state index contributed by atoms with van der Waals surface area (Å²) in [5, 5.41) is 3.16. The molecule has 0 radical (unpaired) electrons. The van der Waals surface area contributed by atoms with Gasteiger partial charge in [0.15, 0.2) is 0 Å². The minimum Gasteiger partial charge on any atom is -0.353 e. The smallest absolute Gasteiger partial charge is 0.245 e. The molecule has 2 aliphatic heterocycles. The lowest BCUT2D eigenvalue weighted by atomic mass is 9.93. The highest BCUT2D eigenvalue weighted by atomic mass is 79.9. The fraction of sp³-hybridized carbons (Fsp3) is 0.652. The van der Waals surface area contributed by atoms with Crippen LogP contribution in [-0.4, -0.2) is 50.2 Å². The van der Waals surface area contributed by atoms with E-state index in [9.17, 15) is 18.0 Å². The van der Waals surface area contributed by atoms with Gasteiger partial charge in [-0.3, -0.25) is 9.59 Å². The molecule has 1 aliphatic carbocycles. The molecule has 1 N–H and O–H groups in total. The van der Waals surface area contributed by atoms with Crippen molar-refractivity contribution in [2.75, 3.05) is 24.5 Å². The van der Waals surface area contributed by atoms with Crippen LogP contribution in [0, 0.1) is 5.92 Å². The fourth-order valence-electron chi connectivity index (χ4n) is 5.19. The van der Waals surface area contributed by atoms with E-state index in [1.54, 1.807) is 17.9 Å². The first-order valence-corrected chi connectivity index (χ1v) is 14.0. The average molecular weight is 526 g/mol. The minimum absolute atomic E-state index is 0.0286. The van der Waals surface area contributed by atoms with Crippen LogP contribution < -0.4 is 10.2 Å². The molecule has 2 heterocycles. The Kier molecular flexibility index (Phi) is 7.27. The lowest BCUT2D eigenvalue weighted by Gasteiger charge is -2.33. The van der Waals surface area contributed by atoms with Gasteiger partial charge in [-0.15, -0.1) is 0 Å². The Hall–Kier alpha value is -1.45. The van der Waals surface area contributed by atoms with Crippen molar-refractivity contribution >= 4 is 43.5 Å². The molecule has 0 bridgehead atoms. The van der Waals surface area contributed by atoms with Gasteiger partial charge in [0.25, 0.3) is 0 Å². The Bertz CT molecular complexity index is 991. The first-order valence-electron chi connectivity index (χ1n) is 11.7. The van der Waals surface area contributed by atoms with Crippen LogP contribution in [0.3, 0.4) is 0 Å². The van der Waals surface area contributed by atoms with Crippen LogP contribution >= 0.6 is 15.9 Å². The van der Waals surface area contributed by atoms with E-state index < -0.39 is 10.0 Å². The van der Waals surface area contributed by atoms with Crippen LogP contribution in [0.1, 0.15) is 63.9 Å². The lowest BCUT2D eigenvalue weighted by molar-refractivity contribution is -0.127. The van der Waals surface area contributed by atoms with E-state index in [0.717, 1.165) is 31.2 Å². The van der Waals surface area contributed by atoms with E-state index >= 15 is 0 Å². The minimum atomic E-state index is -3.85. The molecule has 0 spiro atoms. The maximum atomic E-state index is 13.7. The zero-order valence-corrected chi connectivity index (χ0v) is 21.0. The van der Waals surface area contributed by atoms with E-state index in [2.05, 4.69) is 21.2 Å². The number of hydrogen-bond acceptors (Lipinski definition) is 4. The molecule has 1 aromatic carbocycles. The Morgan fingerprint density at radius 1 is 1.09 bits per heavy atom. The Balaban J connectivity index is 1.57. The summed E-state index contributed by atoms with van der Waals surface area (Å²) >= 11 is 3.45. The molecule has 4 rings (SSSR count). The molecule has 9 heteroatoms. The van der Waals surface area contributed by atoms with Crippen LogP contribution in [0.2, 0.25) is 0 Å². The third-order valence-corrected chi connectivity index (χ3v) is 9.26. The molecule has 1 atom stereocenters. The van der Waals surface area contributed by atoms with Crippen LogP contribution in [0.15, 0.2) is 21.5 Å². The molecule has 3 aliphatic rings. The second-order valence-electron chi connectivity index (χ2n) is 9.11. The molecule has 176 valence electrons. The third kappa shape index (κ3) is 4.75. The van der Waals surface area contributed by atoms with Gasteiger partial charge in [0.1, 0.15) is 4.90 Å². The summed E-state index contributed by atoms with van der Waals surface area (Å²) in [5.41, 5.74) is 1.37. The predicted octanol–water partition coefficient (Wildman–Crippen LogP) is 3.60. The van der Waals surface area contributed by atoms with Crippen molar-refractivity contribution < 1.29 is 18.0 Å². The molecule has 1 saturated heterocycles. The number of carbonyl (C=O) groups is 2. The van der Waals surface area contributed by atoms with Crippen molar-refractivity contribution in [1.29, 1.82) is 0 Å². The van der Waals surface area contributed by atoms with E-state index in [-0.39, 0.29) is 35.2 Å². The SMILES string of the molecule is CCC(=O)N1CCc2cc(Br)cc(S(=O)(=O)N3CCC[C@@H](C(=O)NC4CCCCC4)C3)c21. The number of benzene rings is 1. The number of piperidine rings is 1. The zero-order valence-electron chi connectivity index (χ0n) is 18.6. The number of sulfonamides is 1. The largest absolute Gasteiger partial charge is 0.353 e. The van der Waals surface area contributed by atoms with Gasteiger partial charge in [-0.2, -0.15) is 4.31 Å². The molecule has 32 heavy (non-hydrogen) atoms. The van der Waals surface area contributed by atoms with Crippen molar-refractivity contribution in [3.8, 4) is 0 Å². The molecule has 1 aromatic rings. The average Bonchev–Trinajstić information content (AvgIpc) is 3.22. The van der Waals surface area contributed by atoms with Crippen LogP contribution in [0.4, 0.5) is 5.69 Å². The maximum absolute atomic E-state index is 13.7. The number of amides is 2. The first kappa shape index (κ1) is 23.7. The summed E-state index contributed by atoms with van der Waals surface area (Å²) in [6.07, 6.45) is 7.80. The van der Waals surface area contributed by atoms with Crippen molar-refractivity contribution in [3.05, 3.63) is 22.2 Å². The first-order chi connectivity index (χ1) is 15.3. The van der Waals surface area contributed by atoms with E-state index in [4.69, 9.17) is 0 Å². The summed E-state index contributed by atoms with van der Waals surface area (Å²) < 4.78 is 29.6. The summed E-state index contributed by atoms with van der Waals surface area (Å²) in [6, 6.07) is 3.71. The van der Waals surface area contributed by atoms with Gasteiger partial charge in [0.05, 0.1) is 11.6 Å². The van der Waals surface area contributed by atoms with Crippen molar-refractivity contribution in [2.45, 2.75) is 75.6 Å². The number of nitrogens with zero attached hydrogens (tertiary/aromatic N) is 2. The predicted molar refractivity (Wildman–Crippen MR) is 127 cm³/mol. The zero-order chi connectivity index (χ0) is 22.9. The summed E-state index contributed by atoms with van der Waals surface area (Å²) in [4.78, 5) is 27.2. The highest BCUT2D eigenvalue weighted by molar-refractivity contribution is 9.10. The van der Waals surface area contributed by atoms with Gasteiger partial charge in [0, 0.05) is 36.6 Å². The molecule has 7 nitrogen and oxygen atoms in total. The number of rotatable bonds is 5. The van der Waals surface area contributed by atoms with Gasteiger partial charge in [0.2, 0.25) is 21.8 Å². The normalized spacial score (nSPS) is 22.6. The highest BCUT2D eigenvalue weighted by Gasteiger charge is 2.38. The summed E-state index contributed by atoms with van der Waals surface area (Å²) in [7, 11) is -3.85. The Labute approximate surface area is 199 Å². The molecule has 0 unspecified atom stereocenters. The van der Waals surface area contributed by atoms with E-state index in [0.29, 0.717) is 48.9 Å². The number of carbonyl (C=O) groups excluding carboxylic acids is 2. The fourth-order valence-corrected chi connectivity index (χ4v) is 7.63. The second kappa shape index (κ2) is 9.81. The van der Waals surface area contributed by atoms with Crippen LogP contribution in [0.5, 0.6) is 0 Å². The van der Waals surface area contributed by atoms with Gasteiger partial charge in [-0.05, 0) is 49.8 Å². The highest BCUT2D eigenvalue weighted by Crippen LogP contribution is 2.39. The number of halogens is 1. The Morgan fingerprint density at radius 2 is 1.84 bits per heavy atom. The molecule has 0 aromatic heterocycles. The number of anilines is 1. The van der Waals surface area contributed by atoms with E-state index in [1.807, 2.05) is 6.07 Å².